The lowest BCUT2D eigenvalue weighted by molar-refractivity contribution is 0.0697. The molecular formula is C14H14N4O2. The average Bonchev–Trinajstić information content (AvgIpc) is 3.06. The Morgan fingerprint density at radius 3 is 3.00 bits per heavy atom. The van der Waals surface area contributed by atoms with Crippen molar-refractivity contribution in [2.45, 2.75) is 19.5 Å². The average molecular weight is 270 g/mol. The van der Waals surface area contributed by atoms with Gasteiger partial charge in [-0.3, -0.25) is 4.68 Å². The Labute approximate surface area is 115 Å². The predicted octanol–water partition coefficient (Wildman–Crippen LogP) is 2.19. The monoisotopic (exact) mass is 270 g/mol. The van der Waals surface area contributed by atoms with Gasteiger partial charge >= 0.3 is 5.97 Å². The third kappa shape index (κ3) is 2.16. The number of hydrogen-bond acceptors (Lipinski definition) is 3. The van der Waals surface area contributed by atoms with Gasteiger partial charge < -0.3 is 9.67 Å². The lowest BCUT2D eigenvalue weighted by Gasteiger charge is -2.14. The number of carbonyl (C=O) groups is 1. The third-order valence-electron chi connectivity index (χ3n) is 3.31. The molecule has 0 saturated heterocycles. The summed E-state index contributed by atoms with van der Waals surface area (Å²) in [5.74, 6) is -0.939. The Bertz CT molecular complexity index is 746. The summed E-state index contributed by atoms with van der Waals surface area (Å²) in [6.07, 6.45) is 5.40. The first-order chi connectivity index (χ1) is 9.65. The summed E-state index contributed by atoms with van der Waals surface area (Å²) in [6, 6.07) is 7.05. The van der Waals surface area contributed by atoms with Crippen LogP contribution in [0.5, 0.6) is 0 Å². The molecule has 2 heterocycles. The highest BCUT2D eigenvalue weighted by Crippen LogP contribution is 2.20. The predicted molar refractivity (Wildman–Crippen MR) is 73.6 cm³/mol. The first-order valence-electron chi connectivity index (χ1n) is 6.32. The van der Waals surface area contributed by atoms with Gasteiger partial charge in [0, 0.05) is 12.4 Å². The zero-order chi connectivity index (χ0) is 14.1. The van der Waals surface area contributed by atoms with Crippen molar-refractivity contribution in [1.82, 2.24) is 19.3 Å². The van der Waals surface area contributed by atoms with Gasteiger partial charge in [-0.2, -0.15) is 5.10 Å². The number of hydrogen-bond donors (Lipinski definition) is 1. The Morgan fingerprint density at radius 1 is 1.45 bits per heavy atom. The molecular weight excluding hydrogens is 256 g/mol. The molecule has 1 atom stereocenters. The van der Waals surface area contributed by atoms with Gasteiger partial charge in [-0.05, 0) is 31.2 Å². The summed E-state index contributed by atoms with van der Waals surface area (Å²) in [7, 11) is 0. The standard InChI is InChI=1S/C14H14N4O2/c1-10(8-17-6-2-5-16-17)18-9-15-12-7-11(14(19)20)3-4-13(12)18/h2-7,9-10H,8H2,1H3,(H,19,20). The van der Waals surface area contributed by atoms with Gasteiger partial charge in [0.15, 0.2) is 0 Å². The van der Waals surface area contributed by atoms with Crippen LogP contribution < -0.4 is 0 Å². The van der Waals surface area contributed by atoms with Crippen LogP contribution >= 0.6 is 0 Å². The molecule has 6 nitrogen and oxygen atoms in total. The van der Waals surface area contributed by atoms with E-state index in [9.17, 15) is 4.79 Å². The molecule has 0 aliphatic rings. The quantitative estimate of drug-likeness (QED) is 0.788. The van der Waals surface area contributed by atoms with Gasteiger partial charge in [0.2, 0.25) is 0 Å². The summed E-state index contributed by atoms with van der Waals surface area (Å²) in [6.45, 7) is 2.81. The molecule has 3 rings (SSSR count). The van der Waals surface area contributed by atoms with Crippen molar-refractivity contribution >= 4 is 17.0 Å². The van der Waals surface area contributed by atoms with Crippen LogP contribution in [0.2, 0.25) is 0 Å². The van der Waals surface area contributed by atoms with Gasteiger partial charge in [0.05, 0.1) is 35.5 Å². The second-order valence-electron chi connectivity index (χ2n) is 4.74. The first-order valence-corrected chi connectivity index (χ1v) is 6.32. The largest absolute Gasteiger partial charge is 0.478 e. The molecule has 3 aromatic rings. The van der Waals surface area contributed by atoms with Crippen LogP contribution in [0, 0.1) is 0 Å². The van der Waals surface area contributed by atoms with Crippen LogP contribution in [0.3, 0.4) is 0 Å². The van der Waals surface area contributed by atoms with E-state index in [0.29, 0.717) is 5.52 Å². The second-order valence-corrected chi connectivity index (χ2v) is 4.74. The minimum absolute atomic E-state index is 0.176. The van der Waals surface area contributed by atoms with Crippen LogP contribution in [0.25, 0.3) is 11.0 Å². The van der Waals surface area contributed by atoms with E-state index < -0.39 is 5.97 Å². The highest BCUT2D eigenvalue weighted by Gasteiger charge is 2.12. The van der Waals surface area contributed by atoms with Gasteiger partial charge in [-0.1, -0.05) is 0 Å². The van der Waals surface area contributed by atoms with E-state index in [0.717, 1.165) is 12.1 Å². The second kappa shape index (κ2) is 4.80. The fourth-order valence-corrected chi connectivity index (χ4v) is 2.28. The van der Waals surface area contributed by atoms with E-state index >= 15 is 0 Å². The van der Waals surface area contributed by atoms with Crippen LogP contribution in [-0.4, -0.2) is 30.4 Å². The molecule has 102 valence electrons. The SMILES string of the molecule is CC(Cn1cccn1)n1cnc2cc(C(=O)O)ccc21. The molecule has 1 N–H and O–H groups in total. The zero-order valence-electron chi connectivity index (χ0n) is 11.0. The maximum Gasteiger partial charge on any atom is 0.335 e. The fourth-order valence-electron chi connectivity index (χ4n) is 2.28. The third-order valence-corrected chi connectivity index (χ3v) is 3.31. The van der Waals surface area contributed by atoms with Crippen molar-refractivity contribution in [2.75, 3.05) is 0 Å². The summed E-state index contributed by atoms with van der Waals surface area (Å²) >= 11 is 0. The van der Waals surface area contributed by atoms with Crippen molar-refractivity contribution in [3.8, 4) is 0 Å². The number of imidazole rings is 1. The molecule has 20 heavy (non-hydrogen) atoms. The molecule has 0 aliphatic carbocycles. The highest BCUT2D eigenvalue weighted by atomic mass is 16.4. The number of aromatic nitrogens is 4. The number of rotatable bonds is 4. The van der Waals surface area contributed by atoms with Crippen LogP contribution in [0.4, 0.5) is 0 Å². The number of fused-ring (bicyclic) bond motifs is 1. The Hall–Kier alpha value is -2.63. The molecule has 0 saturated carbocycles. The molecule has 0 spiro atoms. The molecule has 2 aromatic heterocycles. The lowest BCUT2D eigenvalue weighted by atomic mass is 10.2. The minimum atomic E-state index is -0.939. The van der Waals surface area contributed by atoms with Gasteiger partial charge in [-0.15, -0.1) is 0 Å². The van der Waals surface area contributed by atoms with E-state index in [2.05, 4.69) is 17.0 Å². The number of aromatic carboxylic acids is 1. The van der Waals surface area contributed by atoms with Crippen molar-refractivity contribution in [3.63, 3.8) is 0 Å². The minimum Gasteiger partial charge on any atom is -0.478 e. The van der Waals surface area contributed by atoms with E-state index in [4.69, 9.17) is 5.11 Å². The molecule has 0 radical (unpaired) electrons. The summed E-state index contributed by atoms with van der Waals surface area (Å²) in [5, 5.41) is 13.2. The van der Waals surface area contributed by atoms with Crippen LogP contribution in [-0.2, 0) is 6.54 Å². The van der Waals surface area contributed by atoms with E-state index in [1.54, 1.807) is 30.7 Å². The fraction of sp³-hybridized carbons (Fsp3) is 0.214. The number of carboxylic acids is 1. The molecule has 0 aliphatic heterocycles. The van der Waals surface area contributed by atoms with Crippen molar-refractivity contribution in [3.05, 3.63) is 48.5 Å². The molecule has 0 amide bonds. The van der Waals surface area contributed by atoms with Gasteiger partial charge in [0.25, 0.3) is 0 Å². The smallest absolute Gasteiger partial charge is 0.335 e. The molecule has 0 bridgehead atoms. The summed E-state index contributed by atoms with van der Waals surface area (Å²) < 4.78 is 3.89. The topological polar surface area (TPSA) is 72.9 Å². The highest BCUT2D eigenvalue weighted by molar-refractivity contribution is 5.92. The van der Waals surface area contributed by atoms with E-state index in [1.165, 1.54) is 0 Å². The summed E-state index contributed by atoms with van der Waals surface area (Å²) in [4.78, 5) is 15.2. The number of carboxylic acid groups (broad SMARTS) is 1. The summed E-state index contributed by atoms with van der Waals surface area (Å²) in [5.41, 5.74) is 1.87. The van der Waals surface area contributed by atoms with Crippen molar-refractivity contribution in [1.29, 1.82) is 0 Å². The van der Waals surface area contributed by atoms with Crippen LogP contribution in [0.1, 0.15) is 23.3 Å². The molecule has 1 aromatic carbocycles. The normalized spacial score (nSPS) is 12.7. The maximum atomic E-state index is 11.0. The van der Waals surface area contributed by atoms with E-state index in [1.807, 2.05) is 21.5 Å². The van der Waals surface area contributed by atoms with Gasteiger partial charge in [0.1, 0.15) is 0 Å². The first kappa shape index (κ1) is 12.4. The maximum absolute atomic E-state index is 11.0. The Kier molecular flexibility index (Phi) is 2.98. The zero-order valence-corrected chi connectivity index (χ0v) is 11.0. The molecule has 6 heteroatoms. The Morgan fingerprint density at radius 2 is 2.30 bits per heavy atom. The lowest BCUT2D eigenvalue weighted by Crippen LogP contribution is -2.12. The van der Waals surface area contributed by atoms with E-state index in [-0.39, 0.29) is 11.6 Å². The number of nitrogens with zero attached hydrogens (tertiary/aromatic N) is 4. The van der Waals surface area contributed by atoms with Gasteiger partial charge in [-0.25, -0.2) is 9.78 Å². The molecule has 1 unspecified atom stereocenters. The van der Waals surface area contributed by atoms with Crippen molar-refractivity contribution < 1.29 is 9.90 Å². The van der Waals surface area contributed by atoms with Crippen LogP contribution in [0.15, 0.2) is 43.0 Å². The van der Waals surface area contributed by atoms with Crippen molar-refractivity contribution in [2.24, 2.45) is 0 Å². The number of benzene rings is 1. The molecule has 0 fully saturated rings. The Balaban J connectivity index is 1.94.